The van der Waals surface area contributed by atoms with Crippen LogP contribution < -0.4 is 0 Å². The Morgan fingerprint density at radius 2 is 1.90 bits per heavy atom. The van der Waals surface area contributed by atoms with Crippen molar-refractivity contribution in [2.24, 2.45) is 5.06 Å². The van der Waals surface area contributed by atoms with Crippen LogP contribution in [-0.4, -0.2) is 47.9 Å². The monoisotopic (exact) mass is 127 g/mol. The Kier molecular flexibility index (Phi) is 8.60. The third kappa shape index (κ3) is 7.79. The topological polar surface area (TPSA) is 38.7 Å². The van der Waals surface area contributed by atoms with Crippen molar-refractivity contribution in [1.29, 1.82) is 0 Å². The standard InChI is InChI=1S/CH3B6NO2/c1-10-8-6-4-2-3-5-7-9/h1H3. The molecule has 0 bridgehead atoms. The van der Waals surface area contributed by atoms with Crippen LogP contribution >= 0.6 is 0 Å². The second kappa shape index (κ2) is 8.79. The number of nitrogens with zero attached hydrogens (tertiary/aromatic N) is 1. The molecule has 0 aromatic carbocycles. The van der Waals surface area contributed by atoms with E-state index in [4.69, 9.17) is 0 Å². The molecule has 0 aromatic rings. The fourth-order valence-electron chi connectivity index (χ4n) is 0.319. The molecule has 0 radical (unpaired) electrons. The van der Waals surface area contributed by atoms with Crippen LogP contribution in [0.1, 0.15) is 0 Å². The van der Waals surface area contributed by atoms with Gasteiger partial charge in [0.15, 0.2) is 0 Å². The van der Waals surface area contributed by atoms with E-state index in [1.54, 1.807) is 20.1 Å². The van der Waals surface area contributed by atoms with Gasteiger partial charge < -0.3 is 0 Å². The van der Waals surface area contributed by atoms with Crippen LogP contribution in [0.3, 0.4) is 0 Å². The Labute approximate surface area is 63.2 Å². The Balaban J connectivity index is 3.46. The molecule has 0 aliphatic heterocycles. The molecule has 0 unspecified atom stereocenters. The fraction of sp³-hybridized carbons (Fsp3) is 1.00. The van der Waals surface area contributed by atoms with Crippen LogP contribution in [-0.2, 0) is 9.54 Å². The molecular weight excluding hydrogens is 123 g/mol. The predicted molar refractivity (Wildman–Crippen MR) is 44.6 cm³/mol. The first-order valence-corrected chi connectivity index (χ1v) is 2.75. The molecule has 0 N–H and O–H groups in total. The van der Waals surface area contributed by atoms with E-state index in [1.807, 2.05) is 0 Å². The van der Waals surface area contributed by atoms with Gasteiger partial charge in [0.1, 0.15) is 0 Å². The first-order chi connectivity index (χ1) is 4.91. The summed E-state index contributed by atoms with van der Waals surface area (Å²) < 4.78 is 9.71. The van der Waals surface area contributed by atoms with E-state index in [1.165, 1.54) is 20.8 Å². The second-order valence-corrected chi connectivity index (χ2v) is 1.34. The molecule has 42 valence electrons. The van der Waals surface area contributed by atoms with Crippen LogP contribution in [0.15, 0.2) is 5.06 Å². The Morgan fingerprint density at radius 1 is 1.20 bits per heavy atom. The Hall–Kier alpha value is -0.210. The fourth-order valence-corrected chi connectivity index (χ4v) is 0.319. The first-order valence-electron chi connectivity index (χ1n) is 2.75. The van der Waals surface area contributed by atoms with Crippen molar-refractivity contribution in [1.82, 2.24) is 0 Å². The summed E-state index contributed by atoms with van der Waals surface area (Å²) in [4.78, 5) is 4.37. The predicted octanol–water partition coefficient (Wildman–Crippen LogP) is -2.12. The molecular formula is CH3B6NO2. The van der Waals surface area contributed by atoms with Crippen molar-refractivity contribution in [2.45, 2.75) is 0 Å². The van der Waals surface area contributed by atoms with Crippen molar-refractivity contribution < 1.29 is 9.54 Å². The normalized spacial score (nSPS) is 7.30. The zero-order chi connectivity index (χ0) is 7.66. The summed E-state index contributed by atoms with van der Waals surface area (Å²) in [7, 11) is 2.17. The third-order valence-electron chi connectivity index (χ3n) is 0.664. The molecule has 0 spiro atoms. The molecule has 0 saturated heterocycles. The van der Waals surface area contributed by atoms with Crippen molar-refractivity contribution in [2.75, 3.05) is 7.11 Å². The van der Waals surface area contributed by atoms with E-state index in [0.29, 0.717) is 7.04 Å². The van der Waals surface area contributed by atoms with E-state index in [2.05, 4.69) is 9.90 Å². The molecule has 10 heavy (non-hydrogen) atoms. The molecule has 0 heterocycles. The van der Waals surface area contributed by atoms with Crippen LogP contribution in [0.5, 0.6) is 0 Å². The minimum atomic E-state index is 0.706. The van der Waals surface area contributed by atoms with Crippen LogP contribution in [0.2, 0.25) is 0 Å². The van der Waals surface area contributed by atoms with Gasteiger partial charge in [-0.15, -0.1) is 0 Å². The molecule has 3 nitrogen and oxygen atoms in total. The molecule has 9 heteroatoms. The van der Waals surface area contributed by atoms with Crippen molar-refractivity contribution in [3.8, 4) is 0 Å². The van der Waals surface area contributed by atoms with Crippen LogP contribution in [0, 0.1) is 0 Å². The average Bonchev–Trinajstić information content (AvgIpc) is 1.97. The maximum atomic E-state index is 9.71. The Morgan fingerprint density at radius 3 is 2.50 bits per heavy atom. The van der Waals surface area contributed by atoms with Gasteiger partial charge in [-0.05, 0) is 0 Å². The van der Waals surface area contributed by atoms with Crippen molar-refractivity contribution in [3.05, 3.63) is 0 Å². The maximum absolute atomic E-state index is 9.71. The van der Waals surface area contributed by atoms with Gasteiger partial charge in [0.05, 0.1) is 0 Å². The van der Waals surface area contributed by atoms with Crippen molar-refractivity contribution in [3.63, 3.8) is 0 Å². The van der Waals surface area contributed by atoms with E-state index in [9.17, 15) is 4.70 Å². The van der Waals surface area contributed by atoms with Crippen molar-refractivity contribution >= 4 is 40.8 Å². The van der Waals surface area contributed by atoms with E-state index in [-0.39, 0.29) is 0 Å². The average molecular weight is 126 g/mol. The number of hydrogen-bond acceptors (Lipinski definition) is 3. The molecule has 0 rings (SSSR count). The summed E-state index contributed by atoms with van der Waals surface area (Å²) in [6.45, 7) is 7.81. The molecule has 0 amide bonds. The summed E-state index contributed by atoms with van der Waals surface area (Å²) in [6.07, 6.45) is 0. The first kappa shape index (κ1) is 9.79. The molecule has 0 aliphatic rings. The van der Waals surface area contributed by atoms with Crippen LogP contribution in [0.25, 0.3) is 0 Å². The number of hydrogen-bond donors (Lipinski definition) is 0. The van der Waals surface area contributed by atoms with Gasteiger partial charge >= 0.3 is 62.5 Å². The summed E-state index contributed by atoms with van der Waals surface area (Å²) in [5, 5.41) is 3.44. The SMILES string of the molecule is CON=BB=BB=BB=O. The van der Waals surface area contributed by atoms with Gasteiger partial charge in [-0.25, -0.2) is 0 Å². The summed E-state index contributed by atoms with van der Waals surface area (Å²) >= 11 is 0. The molecule has 0 fully saturated rings. The van der Waals surface area contributed by atoms with Gasteiger partial charge in [0, 0.05) is 0 Å². The number of rotatable bonds is 4. The van der Waals surface area contributed by atoms with Gasteiger partial charge in [-0.3, -0.25) is 0 Å². The van der Waals surface area contributed by atoms with E-state index in [0.717, 1.165) is 0 Å². The molecule has 0 aliphatic carbocycles. The van der Waals surface area contributed by atoms with Crippen LogP contribution in [0.4, 0.5) is 0 Å². The molecule has 0 saturated carbocycles. The Bertz CT molecular complexity index is 163. The van der Waals surface area contributed by atoms with Gasteiger partial charge in [0.2, 0.25) is 0 Å². The third-order valence-corrected chi connectivity index (χ3v) is 0.664. The van der Waals surface area contributed by atoms with Gasteiger partial charge in [-0.2, -0.15) is 0 Å². The summed E-state index contributed by atoms with van der Waals surface area (Å²) in [5.74, 6) is 0. The second-order valence-electron chi connectivity index (χ2n) is 1.34. The van der Waals surface area contributed by atoms with Gasteiger partial charge in [-0.1, -0.05) is 0 Å². The minimum absolute atomic E-state index is 0.706. The zero-order valence-corrected chi connectivity index (χ0v) is 5.73. The summed E-state index contributed by atoms with van der Waals surface area (Å²) in [5.41, 5.74) is 0. The quantitative estimate of drug-likeness (QED) is 0.319. The zero-order valence-electron chi connectivity index (χ0n) is 5.73. The van der Waals surface area contributed by atoms with E-state index < -0.39 is 0 Å². The summed E-state index contributed by atoms with van der Waals surface area (Å²) in [6, 6.07) is 0. The molecule has 0 aromatic heterocycles. The van der Waals surface area contributed by atoms with Gasteiger partial charge in [0.25, 0.3) is 0 Å². The molecule has 0 atom stereocenters. The van der Waals surface area contributed by atoms with E-state index >= 15 is 0 Å².